The van der Waals surface area contributed by atoms with Crippen LogP contribution < -0.4 is 16.0 Å². The van der Waals surface area contributed by atoms with Crippen molar-refractivity contribution in [1.82, 2.24) is 30.7 Å². The fourth-order valence-electron chi connectivity index (χ4n) is 4.15. The van der Waals surface area contributed by atoms with Crippen molar-refractivity contribution in [2.24, 2.45) is 0 Å². The molecular formula is C22H40N6O5. The zero-order valence-corrected chi connectivity index (χ0v) is 19.8. The number of likely N-dealkylation sites (tertiary alicyclic amines) is 1. The van der Waals surface area contributed by atoms with Gasteiger partial charge in [-0.05, 0) is 32.9 Å². The van der Waals surface area contributed by atoms with E-state index in [-0.39, 0.29) is 50.1 Å². The van der Waals surface area contributed by atoms with Gasteiger partial charge < -0.3 is 26.0 Å². The molecule has 3 amide bonds. The molecule has 11 nitrogen and oxygen atoms in total. The topological polar surface area (TPSA) is 134 Å². The molecule has 2 fully saturated rings. The van der Waals surface area contributed by atoms with Crippen molar-refractivity contribution in [2.75, 3.05) is 72.5 Å². The van der Waals surface area contributed by atoms with E-state index in [9.17, 15) is 19.2 Å². The highest BCUT2D eigenvalue weighted by Crippen LogP contribution is 2.18. The Hall–Kier alpha value is -2.24. The van der Waals surface area contributed by atoms with Crippen molar-refractivity contribution < 1.29 is 24.3 Å². The number of piperazine rings is 1. The Morgan fingerprint density at radius 1 is 0.818 bits per heavy atom. The second-order valence-electron chi connectivity index (χ2n) is 8.92. The van der Waals surface area contributed by atoms with E-state index in [0.717, 1.165) is 52.1 Å². The Labute approximate surface area is 196 Å². The van der Waals surface area contributed by atoms with Crippen LogP contribution in [-0.2, 0) is 19.2 Å². The zero-order valence-electron chi connectivity index (χ0n) is 19.8. The monoisotopic (exact) mass is 481 g/mol. The van der Waals surface area contributed by atoms with Crippen molar-refractivity contribution in [3.63, 3.8) is 0 Å². The highest BCUT2D eigenvalue weighted by molar-refractivity contribution is 5.81. The van der Waals surface area contributed by atoms with Crippen molar-refractivity contribution in [2.45, 2.75) is 44.6 Å². The largest absolute Gasteiger partial charge is 0.481 e. The van der Waals surface area contributed by atoms with Crippen molar-refractivity contribution in [1.29, 1.82) is 0 Å². The average molecular weight is 482 g/mol. The third kappa shape index (κ3) is 11.4. The molecule has 0 aromatic rings. The molecule has 0 aromatic carbocycles. The maximum Gasteiger partial charge on any atom is 0.303 e. The first-order valence-electron chi connectivity index (χ1n) is 12.0. The van der Waals surface area contributed by atoms with Gasteiger partial charge in [0.25, 0.3) is 0 Å². The van der Waals surface area contributed by atoms with Crippen LogP contribution in [0.15, 0.2) is 0 Å². The maximum absolute atomic E-state index is 12.3. The minimum Gasteiger partial charge on any atom is -0.481 e. The molecule has 2 heterocycles. The number of carboxylic acids is 1. The lowest BCUT2D eigenvalue weighted by Crippen LogP contribution is -2.50. The second-order valence-corrected chi connectivity index (χ2v) is 8.92. The summed E-state index contributed by atoms with van der Waals surface area (Å²) in [4.78, 5) is 53.4. The van der Waals surface area contributed by atoms with E-state index in [0.29, 0.717) is 25.6 Å². The third-order valence-electron chi connectivity index (χ3n) is 6.15. The number of nitrogens with one attached hydrogen (secondary N) is 3. The Morgan fingerprint density at radius 3 is 2.06 bits per heavy atom. The average Bonchev–Trinajstić information content (AvgIpc) is 3.19. The molecule has 0 radical (unpaired) electrons. The van der Waals surface area contributed by atoms with Crippen LogP contribution >= 0.6 is 0 Å². The first-order chi connectivity index (χ1) is 15.8. The van der Waals surface area contributed by atoms with Gasteiger partial charge in [0.2, 0.25) is 17.7 Å². The van der Waals surface area contributed by atoms with Crippen molar-refractivity contribution in [3.05, 3.63) is 0 Å². The first kappa shape index (κ1) is 27.0. The van der Waals surface area contributed by atoms with Crippen LogP contribution in [0, 0.1) is 0 Å². The summed E-state index contributed by atoms with van der Waals surface area (Å²) in [6.07, 6.45) is 2.92. The molecule has 1 atom stereocenters. The molecule has 2 aliphatic rings. The number of aliphatic carboxylic acids is 1. The van der Waals surface area contributed by atoms with Gasteiger partial charge in [-0.1, -0.05) is 0 Å². The summed E-state index contributed by atoms with van der Waals surface area (Å²) in [5, 5.41) is 16.6. The molecular weight excluding hydrogens is 441 g/mol. The number of carbonyl (C=O) groups excluding carboxylic acids is 3. The van der Waals surface area contributed by atoms with Crippen molar-refractivity contribution in [3.8, 4) is 0 Å². The number of amides is 3. The van der Waals surface area contributed by atoms with Crippen LogP contribution in [0.1, 0.15) is 38.5 Å². The lowest BCUT2D eigenvalue weighted by Gasteiger charge is -2.36. The SMILES string of the molecule is CN1CC[15N](CC2CCC[15N]2CC(=O)N[13CH2][13CH2][13C](=O)N[13CH2][13CH2][13C](=O)[15NH][13CH2][13CH2][13CH2][13C](=O)O)CC1. The van der Waals surface area contributed by atoms with Gasteiger partial charge in [-0.25, -0.2) is 0 Å². The molecule has 4 N–H and O–H groups in total. The van der Waals surface area contributed by atoms with Crippen LogP contribution in [0.3, 0.4) is 0 Å². The van der Waals surface area contributed by atoms with Gasteiger partial charge >= 0.3 is 5.97 Å². The van der Waals surface area contributed by atoms with Crippen LogP contribution in [0.4, 0.5) is 0 Å². The summed E-state index contributed by atoms with van der Waals surface area (Å²) in [7, 11) is 2.15. The van der Waals surface area contributed by atoms with Crippen LogP contribution in [0.5, 0.6) is 0 Å². The van der Waals surface area contributed by atoms with Crippen LogP contribution in [0.25, 0.3) is 0 Å². The molecule has 0 spiro atoms. The number of nitrogens with zero attached hydrogens (tertiary/aromatic N) is 3. The van der Waals surface area contributed by atoms with Gasteiger partial charge in [-0.15, -0.1) is 0 Å². The first-order valence-corrected chi connectivity index (χ1v) is 12.0. The Morgan fingerprint density at radius 2 is 1.42 bits per heavy atom. The van der Waals surface area contributed by atoms with Gasteiger partial charge in [0.15, 0.2) is 0 Å². The number of hydrogen-bond acceptors (Lipinski definition) is 7. The van der Waals surface area contributed by atoms with E-state index in [1.807, 2.05) is 0 Å². The van der Waals surface area contributed by atoms with E-state index < -0.39 is 5.97 Å². The lowest BCUT2D eigenvalue weighted by molar-refractivity contribution is -0.137. The molecule has 188 valence electrons. The molecule has 2 aliphatic heterocycles. The van der Waals surface area contributed by atoms with E-state index in [4.69, 9.17) is 5.11 Å². The fraction of sp³-hybridized carbons (Fsp3) is 0.818. The molecule has 0 bridgehead atoms. The fourth-order valence-corrected chi connectivity index (χ4v) is 4.15. The number of likely N-dealkylation sites (N-methyl/N-ethyl adjacent to an activating group) is 1. The summed E-state index contributed by atoms with van der Waals surface area (Å²) in [5.74, 6) is -1.41. The van der Waals surface area contributed by atoms with Crippen molar-refractivity contribution >= 4 is 23.7 Å². The summed E-state index contributed by atoms with van der Waals surface area (Å²) < 4.78 is 0. The van der Waals surface area contributed by atoms with E-state index >= 15 is 0 Å². The minimum atomic E-state index is -0.894. The molecule has 0 aromatic heterocycles. The molecule has 11 heteroatoms. The number of hydrogen-bond donors (Lipinski definition) is 4. The predicted molar refractivity (Wildman–Crippen MR) is 124 cm³/mol. The van der Waals surface area contributed by atoms with Gasteiger partial charge in [0, 0.05) is 77.7 Å². The van der Waals surface area contributed by atoms with E-state index in [2.05, 4.69) is 37.7 Å². The van der Waals surface area contributed by atoms with Crippen LogP contribution in [-0.4, -0.2) is 122 Å². The maximum atomic E-state index is 12.3. The third-order valence-corrected chi connectivity index (χ3v) is 6.15. The summed E-state index contributed by atoms with van der Waals surface area (Å²) in [5.41, 5.74) is 0. The Balaban J connectivity index is 1.52. The highest BCUT2D eigenvalue weighted by Gasteiger charge is 2.28. The summed E-state index contributed by atoms with van der Waals surface area (Å²) in [6, 6.07) is 0.415. The summed E-state index contributed by atoms with van der Waals surface area (Å²) >= 11 is 0. The van der Waals surface area contributed by atoms with Crippen LogP contribution in [0.2, 0.25) is 0 Å². The quantitative estimate of drug-likeness (QED) is 0.137. The minimum absolute atomic E-state index is 0.0113. The van der Waals surface area contributed by atoms with E-state index in [1.54, 1.807) is 0 Å². The molecule has 0 aliphatic carbocycles. The van der Waals surface area contributed by atoms with E-state index in [1.165, 1.54) is 0 Å². The lowest BCUT2D eigenvalue weighted by atomic mass is 10.2. The van der Waals surface area contributed by atoms with Gasteiger partial charge in [-0.3, -0.25) is 29.0 Å². The molecule has 2 saturated heterocycles. The molecule has 33 heavy (non-hydrogen) atoms. The number of rotatable bonds is 14. The van der Waals surface area contributed by atoms with Gasteiger partial charge in [0.1, 0.15) is 0 Å². The Kier molecular flexibility index (Phi) is 12.1. The van der Waals surface area contributed by atoms with Gasteiger partial charge in [-0.2, -0.15) is 0 Å². The molecule has 2 rings (SSSR count). The standard InChI is InChI=1S/C22H40N6O5/c1-26-12-14-27(15-13-26)16-18-4-3-11-28(18)17-21(31)25-10-7-20(30)24-9-6-19(29)23-8-2-5-22(32)33/h18H,2-17H2,1H3,(H,23,29)(H,24,30)(H,25,31)(H,32,33)/i2+1,5+1,6+1,7+1,8+1,9+1,10+1,19+1,20+1,22+1,23+1,27+1,28+1. The predicted octanol–water partition coefficient (Wildman–Crippen LogP) is -1.31. The zero-order chi connectivity index (χ0) is 24.1. The van der Waals surface area contributed by atoms with Gasteiger partial charge in [0.05, 0.1) is 6.54 Å². The Bertz CT molecular complexity index is 653. The molecule has 1 unspecified atom stereocenters. The normalized spacial score (nSPS) is 19.8. The summed E-state index contributed by atoms with van der Waals surface area (Å²) in [6.45, 7) is 7.42. The second kappa shape index (κ2) is 14.8. The number of carbonyl (C=O) groups is 4. The molecule has 0 saturated carbocycles. The smallest absolute Gasteiger partial charge is 0.303 e. The number of carboxylic acid groups (broad SMARTS) is 1. The highest BCUT2D eigenvalue weighted by atomic mass is 16.5.